The molecular formula is C19H22N4O2. The van der Waals surface area contributed by atoms with Gasteiger partial charge in [0.1, 0.15) is 0 Å². The number of urea groups is 1. The van der Waals surface area contributed by atoms with Crippen LogP contribution in [0.2, 0.25) is 0 Å². The van der Waals surface area contributed by atoms with E-state index in [4.69, 9.17) is 0 Å². The van der Waals surface area contributed by atoms with E-state index in [1.54, 1.807) is 6.20 Å². The van der Waals surface area contributed by atoms with Crippen molar-refractivity contribution in [2.75, 3.05) is 0 Å². The summed E-state index contributed by atoms with van der Waals surface area (Å²) in [7, 11) is 0. The second-order valence-corrected chi connectivity index (χ2v) is 7.04. The number of aromatic nitrogens is 1. The second-order valence-electron chi connectivity index (χ2n) is 7.04. The standard InChI is InChI=1S/C19H22N4O2/c24-17-11-19(8-2-1-5-16(19)22-17)23-18(25)21-12-13-6-7-15-14(10-13)4-3-9-20-15/h3-4,6-7,9-10,16H,1-2,5,8,11-12H2,(H,22,24)(H2,21,23,25)/t16-,19+/m0/s1. The zero-order valence-corrected chi connectivity index (χ0v) is 14.0. The first-order chi connectivity index (χ1) is 12.1. The van der Waals surface area contributed by atoms with Gasteiger partial charge in [-0.3, -0.25) is 9.78 Å². The highest BCUT2D eigenvalue weighted by molar-refractivity contribution is 5.84. The van der Waals surface area contributed by atoms with E-state index in [9.17, 15) is 9.59 Å². The Balaban J connectivity index is 1.40. The molecule has 4 rings (SSSR count). The molecule has 0 radical (unpaired) electrons. The Kier molecular flexibility index (Phi) is 4.03. The van der Waals surface area contributed by atoms with E-state index in [0.29, 0.717) is 13.0 Å². The number of hydrogen-bond acceptors (Lipinski definition) is 3. The van der Waals surface area contributed by atoms with Crippen LogP contribution in [-0.2, 0) is 11.3 Å². The summed E-state index contributed by atoms with van der Waals surface area (Å²) in [6, 6.07) is 9.72. The fourth-order valence-electron chi connectivity index (χ4n) is 4.07. The highest BCUT2D eigenvalue weighted by Gasteiger charge is 2.48. The Morgan fingerprint density at radius 3 is 3.16 bits per heavy atom. The minimum atomic E-state index is -0.424. The first-order valence-electron chi connectivity index (χ1n) is 8.84. The maximum Gasteiger partial charge on any atom is 0.315 e. The molecule has 1 aromatic heterocycles. The number of hydrogen-bond donors (Lipinski definition) is 3. The van der Waals surface area contributed by atoms with Crippen molar-refractivity contribution in [3.63, 3.8) is 0 Å². The molecule has 1 aliphatic heterocycles. The summed E-state index contributed by atoms with van der Waals surface area (Å²) < 4.78 is 0. The van der Waals surface area contributed by atoms with Crippen molar-refractivity contribution in [3.8, 4) is 0 Å². The van der Waals surface area contributed by atoms with Gasteiger partial charge in [0.25, 0.3) is 0 Å². The molecule has 130 valence electrons. The Bertz CT molecular complexity index is 822. The molecule has 25 heavy (non-hydrogen) atoms. The average molecular weight is 338 g/mol. The number of pyridine rings is 1. The number of amides is 3. The molecule has 2 atom stereocenters. The van der Waals surface area contributed by atoms with Gasteiger partial charge in [0.15, 0.2) is 0 Å². The van der Waals surface area contributed by atoms with Crippen molar-refractivity contribution < 1.29 is 9.59 Å². The van der Waals surface area contributed by atoms with Crippen LogP contribution in [0, 0.1) is 0 Å². The van der Waals surface area contributed by atoms with Gasteiger partial charge in [0.05, 0.1) is 23.5 Å². The Morgan fingerprint density at radius 2 is 2.24 bits per heavy atom. The van der Waals surface area contributed by atoms with E-state index in [2.05, 4.69) is 20.9 Å². The zero-order valence-electron chi connectivity index (χ0n) is 14.0. The Morgan fingerprint density at radius 1 is 1.32 bits per heavy atom. The molecule has 6 nitrogen and oxygen atoms in total. The average Bonchev–Trinajstić information content (AvgIpc) is 2.95. The van der Waals surface area contributed by atoms with Crippen molar-refractivity contribution >= 4 is 22.8 Å². The lowest BCUT2D eigenvalue weighted by atomic mass is 9.78. The van der Waals surface area contributed by atoms with Crippen LogP contribution in [0.5, 0.6) is 0 Å². The summed E-state index contributed by atoms with van der Waals surface area (Å²) in [5, 5.41) is 10.1. The van der Waals surface area contributed by atoms with Crippen LogP contribution < -0.4 is 16.0 Å². The van der Waals surface area contributed by atoms with Crippen molar-refractivity contribution in [1.82, 2.24) is 20.9 Å². The van der Waals surface area contributed by atoms with Gasteiger partial charge >= 0.3 is 6.03 Å². The Hall–Kier alpha value is -2.63. The minimum Gasteiger partial charge on any atom is -0.351 e. The van der Waals surface area contributed by atoms with Crippen molar-refractivity contribution in [1.29, 1.82) is 0 Å². The van der Waals surface area contributed by atoms with Gasteiger partial charge in [-0.15, -0.1) is 0 Å². The number of benzene rings is 1. The molecule has 0 unspecified atom stereocenters. The predicted molar refractivity (Wildman–Crippen MR) is 94.9 cm³/mol. The summed E-state index contributed by atoms with van der Waals surface area (Å²) in [6.07, 6.45) is 6.08. The molecular weight excluding hydrogens is 316 g/mol. The number of fused-ring (bicyclic) bond motifs is 2. The molecule has 2 aliphatic rings. The number of carbonyl (C=O) groups excluding carboxylic acids is 2. The van der Waals surface area contributed by atoms with Gasteiger partial charge in [-0.1, -0.05) is 25.0 Å². The van der Waals surface area contributed by atoms with E-state index >= 15 is 0 Å². The summed E-state index contributed by atoms with van der Waals surface area (Å²) in [4.78, 5) is 28.5. The maximum atomic E-state index is 12.4. The molecule has 1 aromatic carbocycles. The van der Waals surface area contributed by atoms with Crippen molar-refractivity contribution in [2.24, 2.45) is 0 Å². The molecule has 2 fully saturated rings. The van der Waals surface area contributed by atoms with Crippen LogP contribution in [0.1, 0.15) is 37.7 Å². The molecule has 6 heteroatoms. The van der Waals surface area contributed by atoms with Crippen molar-refractivity contribution in [2.45, 2.75) is 50.2 Å². The molecule has 0 spiro atoms. The third-order valence-corrected chi connectivity index (χ3v) is 5.33. The summed E-state index contributed by atoms with van der Waals surface area (Å²) in [5.41, 5.74) is 1.54. The lowest BCUT2D eigenvalue weighted by molar-refractivity contribution is -0.119. The van der Waals surface area contributed by atoms with Gasteiger partial charge in [0.2, 0.25) is 5.91 Å². The molecule has 0 bridgehead atoms. The molecule has 2 aromatic rings. The van der Waals surface area contributed by atoms with Gasteiger partial charge in [-0.25, -0.2) is 4.79 Å². The lowest BCUT2D eigenvalue weighted by Gasteiger charge is -2.38. The predicted octanol–water partition coefficient (Wildman–Crippen LogP) is 2.24. The highest BCUT2D eigenvalue weighted by Crippen LogP contribution is 2.35. The quantitative estimate of drug-likeness (QED) is 0.802. The maximum absolute atomic E-state index is 12.4. The first-order valence-corrected chi connectivity index (χ1v) is 8.84. The summed E-state index contributed by atoms with van der Waals surface area (Å²) in [5.74, 6) is 0.0363. The topological polar surface area (TPSA) is 83.1 Å². The molecule has 1 saturated carbocycles. The van der Waals surface area contributed by atoms with Gasteiger partial charge < -0.3 is 16.0 Å². The van der Waals surface area contributed by atoms with Crippen LogP contribution in [0.25, 0.3) is 10.9 Å². The summed E-state index contributed by atoms with van der Waals surface area (Å²) >= 11 is 0. The van der Waals surface area contributed by atoms with E-state index in [-0.39, 0.29) is 18.0 Å². The Labute approximate surface area is 146 Å². The molecule has 1 saturated heterocycles. The van der Waals surface area contributed by atoms with Crippen LogP contribution in [0.15, 0.2) is 36.5 Å². The highest BCUT2D eigenvalue weighted by atomic mass is 16.2. The lowest BCUT2D eigenvalue weighted by Crippen LogP contribution is -2.59. The number of nitrogens with zero attached hydrogens (tertiary/aromatic N) is 1. The van der Waals surface area contributed by atoms with E-state index in [0.717, 1.165) is 42.1 Å². The van der Waals surface area contributed by atoms with Crippen LogP contribution in [0.4, 0.5) is 4.79 Å². The van der Waals surface area contributed by atoms with Gasteiger partial charge in [-0.2, -0.15) is 0 Å². The van der Waals surface area contributed by atoms with E-state index in [1.807, 2.05) is 30.3 Å². The third-order valence-electron chi connectivity index (χ3n) is 5.33. The number of carbonyl (C=O) groups is 2. The van der Waals surface area contributed by atoms with E-state index in [1.165, 1.54) is 0 Å². The first kappa shape index (κ1) is 15.9. The van der Waals surface area contributed by atoms with E-state index < -0.39 is 5.54 Å². The normalized spacial score (nSPS) is 25.3. The molecule has 3 N–H and O–H groups in total. The van der Waals surface area contributed by atoms with Gasteiger partial charge in [0, 0.05) is 18.1 Å². The summed E-state index contributed by atoms with van der Waals surface area (Å²) in [6.45, 7) is 0.443. The van der Waals surface area contributed by atoms with Crippen LogP contribution in [-0.4, -0.2) is 28.5 Å². The fraction of sp³-hybridized carbons (Fsp3) is 0.421. The molecule has 1 aliphatic carbocycles. The molecule has 3 amide bonds. The largest absolute Gasteiger partial charge is 0.351 e. The zero-order chi connectivity index (χ0) is 17.3. The smallest absolute Gasteiger partial charge is 0.315 e. The van der Waals surface area contributed by atoms with Crippen molar-refractivity contribution in [3.05, 3.63) is 42.1 Å². The number of nitrogens with one attached hydrogen (secondary N) is 3. The third kappa shape index (κ3) is 3.16. The monoisotopic (exact) mass is 338 g/mol. The van der Waals surface area contributed by atoms with Gasteiger partial charge in [-0.05, 0) is 36.6 Å². The fourth-order valence-corrected chi connectivity index (χ4v) is 4.07. The van der Waals surface area contributed by atoms with Crippen LogP contribution in [0.3, 0.4) is 0 Å². The number of rotatable bonds is 3. The molecule has 2 heterocycles. The van der Waals surface area contributed by atoms with Crippen LogP contribution >= 0.6 is 0 Å². The SMILES string of the molecule is O=C1C[C@]2(NC(=O)NCc3ccc4ncccc4c3)CCCC[C@@H]2N1. The minimum absolute atomic E-state index is 0.0363. The second kappa shape index (κ2) is 6.35.